The Hall–Kier alpha value is -2.39. The molecule has 2 heterocycles. The summed E-state index contributed by atoms with van der Waals surface area (Å²) in [7, 11) is 0. The number of alkyl halides is 3. The van der Waals surface area contributed by atoms with E-state index in [1.165, 1.54) is 4.90 Å². The minimum absolute atomic E-state index is 0.172. The van der Waals surface area contributed by atoms with Crippen molar-refractivity contribution in [3.05, 3.63) is 46.0 Å². The minimum atomic E-state index is -5.08. The lowest BCUT2D eigenvalue weighted by atomic mass is 10.1. The maximum Gasteiger partial charge on any atom is 0.490 e. The van der Waals surface area contributed by atoms with Gasteiger partial charge in [0, 0.05) is 11.6 Å². The molecule has 2 aliphatic heterocycles. The first-order chi connectivity index (χ1) is 12.6. The van der Waals surface area contributed by atoms with Crippen molar-refractivity contribution in [2.24, 2.45) is 0 Å². The molecule has 0 saturated carbocycles. The lowest BCUT2D eigenvalue weighted by Gasteiger charge is -2.20. The summed E-state index contributed by atoms with van der Waals surface area (Å²) in [5.41, 5.74) is 2.02. The summed E-state index contributed by atoms with van der Waals surface area (Å²) in [6, 6.07) is 6.88. The van der Waals surface area contributed by atoms with Gasteiger partial charge >= 0.3 is 12.1 Å². The molecule has 0 aromatic heterocycles. The van der Waals surface area contributed by atoms with Gasteiger partial charge in [0.05, 0.1) is 17.7 Å². The van der Waals surface area contributed by atoms with Crippen molar-refractivity contribution in [3.63, 3.8) is 0 Å². The number of aliphatic carboxylic acids is 1. The molecule has 3 rings (SSSR count). The number of hydrogen-bond donors (Lipinski definition) is 2. The summed E-state index contributed by atoms with van der Waals surface area (Å²) in [4.78, 5) is 34.6. The van der Waals surface area contributed by atoms with Crippen LogP contribution in [0.3, 0.4) is 0 Å². The third-order valence-corrected chi connectivity index (χ3v) is 4.36. The molecule has 2 aliphatic rings. The third-order valence-electron chi connectivity index (χ3n) is 3.97. The van der Waals surface area contributed by atoms with Crippen molar-refractivity contribution in [2.75, 3.05) is 19.6 Å². The van der Waals surface area contributed by atoms with E-state index in [9.17, 15) is 22.8 Å². The first-order valence-corrected chi connectivity index (χ1v) is 8.33. The zero-order chi connectivity index (χ0) is 20.2. The van der Waals surface area contributed by atoms with Crippen molar-refractivity contribution < 1.29 is 32.7 Å². The van der Waals surface area contributed by atoms with Crippen molar-refractivity contribution in [2.45, 2.75) is 19.0 Å². The molecule has 0 spiro atoms. The Morgan fingerprint density at radius 1 is 1.19 bits per heavy atom. The predicted octanol–water partition coefficient (Wildman–Crippen LogP) is 2.79. The maximum atomic E-state index is 12.2. The van der Waals surface area contributed by atoms with Crippen LogP contribution in [0.15, 0.2) is 34.9 Å². The van der Waals surface area contributed by atoms with E-state index >= 15 is 0 Å². The lowest BCUT2D eigenvalue weighted by Crippen LogP contribution is -2.32. The van der Waals surface area contributed by atoms with E-state index in [4.69, 9.17) is 21.5 Å². The zero-order valence-corrected chi connectivity index (χ0v) is 14.7. The molecule has 0 unspecified atom stereocenters. The van der Waals surface area contributed by atoms with Crippen LogP contribution in [0, 0.1) is 0 Å². The molecule has 1 saturated heterocycles. The largest absolute Gasteiger partial charge is 0.490 e. The topological polar surface area (TPSA) is 86.7 Å². The number of amides is 2. The van der Waals surface area contributed by atoms with Gasteiger partial charge in [-0.2, -0.15) is 13.2 Å². The second-order valence-corrected chi connectivity index (χ2v) is 6.29. The van der Waals surface area contributed by atoms with Gasteiger partial charge in [-0.25, -0.2) is 4.79 Å². The minimum Gasteiger partial charge on any atom is -0.475 e. The molecule has 1 fully saturated rings. The molecule has 10 heteroatoms. The Morgan fingerprint density at radius 3 is 2.11 bits per heavy atom. The number of nitrogens with zero attached hydrogens (tertiary/aromatic N) is 1. The highest BCUT2D eigenvalue weighted by molar-refractivity contribution is 6.31. The fourth-order valence-electron chi connectivity index (χ4n) is 2.62. The highest BCUT2D eigenvalue weighted by Gasteiger charge is 2.38. The van der Waals surface area contributed by atoms with Gasteiger partial charge in [0.1, 0.15) is 0 Å². The van der Waals surface area contributed by atoms with Crippen LogP contribution >= 0.6 is 11.6 Å². The smallest absolute Gasteiger partial charge is 0.475 e. The number of hydrogen-bond acceptors (Lipinski definition) is 4. The van der Waals surface area contributed by atoms with Crippen LogP contribution in [0.4, 0.5) is 13.2 Å². The van der Waals surface area contributed by atoms with Crippen molar-refractivity contribution in [3.8, 4) is 0 Å². The first-order valence-electron chi connectivity index (χ1n) is 7.95. The molecular weight excluding hydrogens is 389 g/mol. The van der Waals surface area contributed by atoms with Crippen molar-refractivity contribution in [1.82, 2.24) is 10.2 Å². The van der Waals surface area contributed by atoms with Crippen LogP contribution in [-0.4, -0.2) is 53.6 Å². The van der Waals surface area contributed by atoms with E-state index in [0.717, 1.165) is 31.5 Å². The van der Waals surface area contributed by atoms with E-state index in [1.807, 2.05) is 0 Å². The molecule has 0 atom stereocenters. The fraction of sp³-hybridized carbons (Fsp3) is 0.353. The van der Waals surface area contributed by atoms with E-state index in [2.05, 4.69) is 5.32 Å². The standard InChI is InChI=1S/C15H15ClN2O2.C2HF3O2/c16-13(10-4-3-7-17-8-10)9-18-14(19)11-5-1-2-6-12(11)15(18)20;3-2(4,5)1(6)7/h1-2,5-6,17H,3-4,7-9H2;(H,6,7)/b13-10-;. The summed E-state index contributed by atoms with van der Waals surface area (Å²) >= 11 is 6.31. The van der Waals surface area contributed by atoms with Crippen molar-refractivity contribution in [1.29, 1.82) is 0 Å². The third kappa shape index (κ3) is 5.08. The molecule has 27 heavy (non-hydrogen) atoms. The van der Waals surface area contributed by atoms with Crippen molar-refractivity contribution >= 4 is 29.4 Å². The van der Waals surface area contributed by atoms with Crippen LogP contribution < -0.4 is 5.32 Å². The fourth-order valence-corrected chi connectivity index (χ4v) is 2.90. The zero-order valence-electron chi connectivity index (χ0n) is 14.0. The number of nitrogens with one attached hydrogen (secondary N) is 1. The van der Waals surface area contributed by atoms with E-state index in [0.29, 0.717) is 16.2 Å². The molecular formula is C17H16ClF3N2O4. The Kier molecular flexibility index (Phi) is 6.61. The number of imide groups is 1. The Bertz CT molecular complexity index is 750. The lowest BCUT2D eigenvalue weighted by molar-refractivity contribution is -0.192. The Balaban J connectivity index is 0.000000321. The monoisotopic (exact) mass is 404 g/mol. The maximum absolute atomic E-state index is 12.2. The number of carbonyl (C=O) groups excluding carboxylic acids is 2. The van der Waals surface area contributed by atoms with E-state index < -0.39 is 12.1 Å². The SMILES string of the molecule is O=C(O)C(F)(F)F.O=C1c2ccccc2C(=O)N1C/C(Cl)=C1\CCCNC1. The Morgan fingerprint density at radius 2 is 1.70 bits per heavy atom. The first kappa shape index (κ1) is 20.9. The van der Waals surface area contributed by atoms with Gasteiger partial charge in [0.2, 0.25) is 0 Å². The number of rotatable bonds is 2. The molecule has 1 aromatic carbocycles. The molecule has 0 radical (unpaired) electrons. The summed E-state index contributed by atoms with van der Waals surface area (Å²) in [5.74, 6) is -3.27. The van der Waals surface area contributed by atoms with Crippen LogP contribution in [0.25, 0.3) is 0 Å². The van der Waals surface area contributed by atoms with Gasteiger partial charge in [-0.1, -0.05) is 23.7 Å². The van der Waals surface area contributed by atoms with Gasteiger partial charge in [0.15, 0.2) is 0 Å². The normalized spacial score (nSPS) is 18.6. The summed E-state index contributed by atoms with van der Waals surface area (Å²) < 4.78 is 31.7. The second kappa shape index (κ2) is 8.53. The number of fused-ring (bicyclic) bond motifs is 1. The molecule has 0 aliphatic carbocycles. The van der Waals surface area contributed by atoms with Crippen LogP contribution in [-0.2, 0) is 4.79 Å². The summed E-state index contributed by atoms with van der Waals surface area (Å²) in [6.07, 6.45) is -3.12. The molecule has 6 nitrogen and oxygen atoms in total. The highest BCUT2D eigenvalue weighted by atomic mass is 35.5. The number of carbonyl (C=O) groups is 3. The predicted molar refractivity (Wildman–Crippen MR) is 90.5 cm³/mol. The van der Waals surface area contributed by atoms with Gasteiger partial charge in [0.25, 0.3) is 11.8 Å². The number of piperidine rings is 1. The Labute approximate surface area is 157 Å². The van der Waals surface area contributed by atoms with Gasteiger partial charge in [-0.15, -0.1) is 0 Å². The average Bonchev–Trinajstić information content (AvgIpc) is 2.87. The number of carboxylic acids is 1. The van der Waals surface area contributed by atoms with E-state index in [1.54, 1.807) is 24.3 Å². The van der Waals surface area contributed by atoms with Crippen LogP contribution in [0.1, 0.15) is 33.6 Å². The number of carboxylic acid groups (broad SMARTS) is 1. The molecule has 2 N–H and O–H groups in total. The average molecular weight is 405 g/mol. The summed E-state index contributed by atoms with van der Waals surface area (Å²) in [6.45, 7) is 1.90. The second-order valence-electron chi connectivity index (χ2n) is 5.83. The number of benzene rings is 1. The molecule has 146 valence electrons. The van der Waals surface area contributed by atoms with Gasteiger partial charge in [-0.3, -0.25) is 14.5 Å². The molecule has 1 aromatic rings. The van der Waals surface area contributed by atoms with Gasteiger partial charge in [-0.05, 0) is 37.1 Å². The van der Waals surface area contributed by atoms with Gasteiger partial charge < -0.3 is 10.4 Å². The van der Waals surface area contributed by atoms with E-state index in [-0.39, 0.29) is 18.4 Å². The number of halogens is 4. The molecule has 2 amide bonds. The molecule has 0 bridgehead atoms. The summed E-state index contributed by atoms with van der Waals surface area (Å²) in [5, 5.41) is 11.0. The highest BCUT2D eigenvalue weighted by Crippen LogP contribution is 2.26. The van der Waals surface area contributed by atoms with Crippen LogP contribution in [0.2, 0.25) is 0 Å². The van der Waals surface area contributed by atoms with Crippen LogP contribution in [0.5, 0.6) is 0 Å². The quantitative estimate of drug-likeness (QED) is 0.740.